The zero-order chi connectivity index (χ0) is 16.2. The summed E-state index contributed by atoms with van der Waals surface area (Å²) in [6.07, 6.45) is 8.91. The molecule has 3 nitrogen and oxygen atoms in total. The Bertz CT molecular complexity index is 518. The number of benzene rings is 1. The molecule has 3 heteroatoms. The first-order valence-corrected chi connectivity index (χ1v) is 7.81. The van der Waals surface area contributed by atoms with Gasteiger partial charge in [-0.2, -0.15) is 0 Å². The summed E-state index contributed by atoms with van der Waals surface area (Å²) in [5.41, 5.74) is 1.10. The first-order chi connectivity index (χ1) is 10.7. The minimum atomic E-state index is 0.196. The van der Waals surface area contributed by atoms with Gasteiger partial charge in [0.1, 0.15) is 19.0 Å². The van der Waals surface area contributed by atoms with Crippen molar-refractivity contribution < 1.29 is 9.47 Å². The van der Waals surface area contributed by atoms with Crippen LogP contribution in [-0.4, -0.2) is 18.9 Å². The van der Waals surface area contributed by atoms with E-state index in [-0.39, 0.29) is 6.04 Å². The summed E-state index contributed by atoms with van der Waals surface area (Å²) >= 11 is 0. The largest absolute Gasteiger partial charge is 0.494 e. The molecule has 0 aromatic heterocycles. The van der Waals surface area contributed by atoms with Crippen molar-refractivity contribution in [3.8, 4) is 5.75 Å². The monoisotopic (exact) mass is 301 g/mol. The standard InChI is InChI=1S/C19H27NO2/c1-5-8-16(3)20-12-13-21-19-11-7-10-18(14-19)15-22-17(4)9-6-2/h5,7-12,14,16H,6,13,15H2,1-4H3/b8-5-,17-9+,20-12?. The fraction of sp³-hybridized carbons (Fsp3) is 0.421. The summed E-state index contributed by atoms with van der Waals surface area (Å²) in [5.74, 6) is 1.79. The highest BCUT2D eigenvalue weighted by molar-refractivity contribution is 5.59. The molecule has 0 heterocycles. The van der Waals surface area contributed by atoms with Crippen LogP contribution in [-0.2, 0) is 11.3 Å². The van der Waals surface area contributed by atoms with E-state index >= 15 is 0 Å². The minimum Gasteiger partial charge on any atom is -0.494 e. The number of ether oxygens (including phenoxy) is 2. The van der Waals surface area contributed by atoms with Gasteiger partial charge in [0.05, 0.1) is 11.8 Å². The summed E-state index contributed by atoms with van der Waals surface area (Å²) < 4.78 is 11.4. The zero-order valence-electron chi connectivity index (χ0n) is 14.1. The van der Waals surface area contributed by atoms with Crippen LogP contribution in [0.1, 0.15) is 39.7 Å². The maximum atomic E-state index is 5.69. The summed E-state index contributed by atoms with van der Waals surface area (Å²) in [7, 11) is 0. The fourth-order valence-corrected chi connectivity index (χ4v) is 1.94. The highest BCUT2D eigenvalue weighted by Gasteiger charge is 1.98. The van der Waals surface area contributed by atoms with E-state index in [0.29, 0.717) is 13.2 Å². The molecule has 0 fully saturated rings. The first kappa shape index (κ1) is 18.0. The second-order valence-electron chi connectivity index (χ2n) is 5.07. The molecule has 0 saturated carbocycles. The molecule has 0 aliphatic rings. The van der Waals surface area contributed by atoms with E-state index in [1.807, 2.05) is 63.4 Å². The minimum absolute atomic E-state index is 0.196. The lowest BCUT2D eigenvalue weighted by atomic mass is 10.2. The van der Waals surface area contributed by atoms with E-state index in [2.05, 4.69) is 18.0 Å². The van der Waals surface area contributed by atoms with Gasteiger partial charge in [0.15, 0.2) is 0 Å². The van der Waals surface area contributed by atoms with Crippen LogP contribution in [0.15, 0.2) is 53.2 Å². The summed E-state index contributed by atoms with van der Waals surface area (Å²) in [4.78, 5) is 4.36. The highest BCUT2D eigenvalue weighted by Crippen LogP contribution is 2.15. The lowest BCUT2D eigenvalue weighted by Gasteiger charge is -2.08. The third-order valence-corrected chi connectivity index (χ3v) is 2.99. The number of nitrogens with zero attached hydrogens (tertiary/aromatic N) is 1. The van der Waals surface area contributed by atoms with Crippen LogP contribution in [0.4, 0.5) is 0 Å². The Morgan fingerprint density at radius 2 is 2.18 bits per heavy atom. The first-order valence-electron chi connectivity index (χ1n) is 7.81. The molecule has 1 atom stereocenters. The Morgan fingerprint density at radius 1 is 1.36 bits per heavy atom. The Hall–Kier alpha value is -2.03. The number of aliphatic imine (C=N–C) groups is 1. The summed E-state index contributed by atoms with van der Waals surface area (Å²) in [6.45, 7) is 9.15. The topological polar surface area (TPSA) is 30.8 Å². The normalized spacial score (nSPS) is 13.7. The van der Waals surface area contributed by atoms with Crippen molar-refractivity contribution in [2.45, 2.75) is 46.8 Å². The number of rotatable bonds is 9. The van der Waals surface area contributed by atoms with Crippen molar-refractivity contribution in [3.63, 3.8) is 0 Å². The lowest BCUT2D eigenvalue weighted by molar-refractivity contribution is 0.199. The molecule has 0 aliphatic carbocycles. The van der Waals surface area contributed by atoms with Crippen LogP contribution < -0.4 is 4.74 Å². The van der Waals surface area contributed by atoms with Crippen molar-refractivity contribution >= 4 is 6.21 Å². The molecule has 1 rings (SSSR count). The Labute approximate surface area is 134 Å². The maximum Gasteiger partial charge on any atom is 0.123 e. The molecule has 0 amide bonds. The molecule has 0 aliphatic heterocycles. The zero-order valence-corrected chi connectivity index (χ0v) is 14.1. The van der Waals surface area contributed by atoms with Gasteiger partial charge >= 0.3 is 0 Å². The van der Waals surface area contributed by atoms with Gasteiger partial charge in [0, 0.05) is 6.21 Å². The molecule has 1 aromatic carbocycles. The SMILES string of the molecule is C/C=C\C(C)N=CCOc1cccc(CO/C(C)=C/CC)c1. The second-order valence-corrected chi connectivity index (χ2v) is 5.07. The third-order valence-electron chi connectivity index (χ3n) is 2.99. The van der Waals surface area contributed by atoms with Crippen molar-refractivity contribution in [2.75, 3.05) is 6.61 Å². The predicted octanol–water partition coefficient (Wildman–Crippen LogP) is 4.93. The highest BCUT2D eigenvalue weighted by atomic mass is 16.5. The summed E-state index contributed by atoms with van der Waals surface area (Å²) in [6, 6.07) is 8.16. The van der Waals surface area contributed by atoms with Gasteiger partial charge in [0.25, 0.3) is 0 Å². The van der Waals surface area contributed by atoms with E-state index in [4.69, 9.17) is 9.47 Å². The Balaban J connectivity index is 2.45. The van der Waals surface area contributed by atoms with Crippen LogP contribution in [0.25, 0.3) is 0 Å². The molecule has 22 heavy (non-hydrogen) atoms. The van der Waals surface area contributed by atoms with Gasteiger partial charge in [-0.15, -0.1) is 0 Å². The summed E-state index contributed by atoms with van der Waals surface area (Å²) in [5, 5.41) is 0. The smallest absolute Gasteiger partial charge is 0.123 e. The average molecular weight is 301 g/mol. The Morgan fingerprint density at radius 3 is 2.91 bits per heavy atom. The number of hydrogen-bond acceptors (Lipinski definition) is 3. The molecule has 0 N–H and O–H groups in total. The van der Waals surface area contributed by atoms with Crippen molar-refractivity contribution in [1.82, 2.24) is 0 Å². The number of allylic oxidation sites excluding steroid dienone is 3. The van der Waals surface area contributed by atoms with E-state index in [9.17, 15) is 0 Å². The molecular weight excluding hydrogens is 274 g/mol. The van der Waals surface area contributed by atoms with Gasteiger partial charge in [-0.1, -0.05) is 31.2 Å². The van der Waals surface area contributed by atoms with Crippen LogP contribution in [0.3, 0.4) is 0 Å². The number of hydrogen-bond donors (Lipinski definition) is 0. The van der Waals surface area contributed by atoms with Gasteiger partial charge in [-0.05, 0) is 51.0 Å². The molecule has 0 bridgehead atoms. The molecule has 1 unspecified atom stereocenters. The van der Waals surface area contributed by atoms with Crippen LogP contribution >= 0.6 is 0 Å². The molecular formula is C19H27NO2. The second kappa shape index (κ2) is 10.7. The van der Waals surface area contributed by atoms with E-state index < -0.39 is 0 Å². The lowest BCUT2D eigenvalue weighted by Crippen LogP contribution is -2.02. The molecule has 0 radical (unpaired) electrons. The molecule has 1 aromatic rings. The Kier molecular flexibility index (Phi) is 8.73. The van der Waals surface area contributed by atoms with Crippen molar-refractivity contribution in [1.29, 1.82) is 0 Å². The van der Waals surface area contributed by atoms with Gasteiger partial charge < -0.3 is 9.47 Å². The van der Waals surface area contributed by atoms with Crippen LogP contribution in [0, 0.1) is 0 Å². The maximum absolute atomic E-state index is 5.69. The quantitative estimate of drug-likeness (QED) is 0.368. The van der Waals surface area contributed by atoms with Crippen molar-refractivity contribution in [3.05, 3.63) is 53.8 Å². The van der Waals surface area contributed by atoms with E-state index in [1.54, 1.807) is 0 Å². The molecule has 120 valence electrons. The van der Waals surface area contributed by atoms with Gasteiger partial charge in [-0.25, -0.2) is 0 Å². The molecule has 0 spiro atoms. The third kappa shape index (κ3) is 7.67. The van der Waals surface area contributed by atoms with Crippen LogP contribution in [0.5, 0.6) is 5.75 Å². The fourth-order valence-electron chi connectivity index (χ4n) is 1.94. The van der Waals surface area contributed by atoms with Gasteiger partial charge in [0.2, 0.25) is 0 Å². The predicted molar refractivity (Wildman–Crippen MR) is 93.5 cm³/mol. The van der Waals surface area contributed by atoms with Crippen LogP contribution in [0.2, 0.25) is 0 Å². The van der Waals surface area contributed by atoms with Crippen molar-refractivity contribution in [2.24, 2.45) is 4.99 Å². The van der Waals surface area contributed by atoms with Gasteiger partial charge in [-0.3, -0.25) is 4.99 Å². The average Bonchev–Trinajstić information content (AvgIpc) is 2.51. The van der Waals surface area contributed by atoms with E-state index in [1.165, 1.54) is 0 Å². The molecule has 0 saturated heterocycles. The van der Waals surface area contributed by atoms with E-state index in [0.717, 1.165) is 23.5 Å².